The summed E-state index contributed by atoms with van der Waals surface area (Å²) >= 11 is 0. The third-order valence-electron chi connectivity index (χ3n) is 6.14. The molecule has 0 atom stereocenters. The standard InChI is InChI=1S/C26H24N2O4S/c1-32-22-13-6-5-8-20(22)17-28-15-14-18-9-7-10-19-16-23(26(29)27-24(19)25(18)28)33(30,31)21-11-3-2-4-12-21/h2-6,8,11-16H,7,9-10,17H2,1H3,(H,27,29). The Morgan fingerprint density at radius 2 is 1.70 bits per heavy atom. The molecule has 0 bridgehead atoms. The number of ether oxygens (including phenoxy) is 1. The molecule has 0 spiro atoms. The van der Waals surface area contributed by atoms with Crippen molar-refractivity contribution in [3.8, 4) is 17.1 Å². The lowest BCUT2D eigenvalue weighted by Crippen LogP contribution is -2.20. The van der Waals surface area contributed by atoms with Crippen LogP contribution in [0.2, 0.25) is 0 Å². The fraction of sp³-hybridized carbons (Fsp3) is 0.192. The second-order valence-electron chi connectivity index (χ2n) is 8.16. The summed E-state index contributed by atoms with van der Waals surface area (Å²) in [5.41, 5.74) is 4.01. The first-order valence-electron chi connectivity index (χ1n) is 10.9. The molecule has 4 aromatic rings. The molecule has 0 saturated heterocycles. The number of sulfone groups is 1. The highest BCUT2D eigenvalue weighted by molar-refractivity contribution is 7.91. The molecule has 1 aliphatic rings. The second-order valence-corrected chi connectivity index (χ2v) is 10.1. The van der Waals surface area contributed by atoms with Crippen molar-refractivity contribution in [1.29, 1.82) is 0 Å². The van der Waals surface area contributed by atoms with Gasteiger partial charge in [0.25, 0.3) is 5.56 Å². The monoisotopic (exact) mass is 460 g/mol. The fourth-order valence-electron chi connectivity index (χ4n) is 4.53. The van der Waals surface area contributed by atoms with Gasteiger partial charge in [0.2, 0.25) is 9.84 Å². The van der Waals surface area contributed by atoms with Gasteiger partial charge in [0.1, 0.15) is 10.6 Å². The van der Waals surface area contributed by atoms with Crippen LogP contribution in [-0.4, -0.2) is 25.1 Å². The molecule has 5 rings (SSSR count). The van der Waals surface area contributed by atoms with Gasteiger partial charge in [0.05, 0.1) is 29.9 Å². The number of nitrogens with zero attached hydrogens (tertiary/aromatic N) is 1. The predicted molar refractivity (Wildman–Crippen MR) is 127 cm³/mol. The number of pyridine rings is 1. The van der Waals surface area contributed by atoms with E-state index in [1.165, 1.54) is 12.1 Å². The maximum atomic E-state index is 13.2. The number of aromatic nitrogens is 2. The number of aryl methyl sites for hydroxylation is 2. The first-order chi connectivity index (χ1) is 16.0. The lowest BCUT2D eigenvalue weighted by molar-refractivity contribution is 0.408. The van der Waals surface area contributed by atoms with Crippen LogP contribution in [0, 0.1) is 0 Å². The maximum absolute atomic E-state index is 13.2. The van der Waals surface area contributed by atoms with E-state index >= 15 is 0 Å². The van der Waals surface area contributed by atoms with Gasteiger partial charge >= 0.3 is 0 Å². The first-order valence-corrected chi connectivity index (χ1v) is 12.3. The topological polar surface area (TPSA) is 81.2 Å². The number of H-pyrrole nitrogens is 1. The number of nitrogens with one attached hydrogen (secondary N) is 1. The molecular weight excluding hydrogens is 436 g/mol. The van der Waals surface area contributed by atoms with Crippen molar-refractivity contribution in [2.45, 2.75) is 35.6 Å². The zero-order chi connectivity index (χ0) is 23.0. The Bertz CT molecular complexity index is 1480. The number of benzene rings is 2. The molecule has 2 aromatic carbocycles. The number of hydrogen-bond acceptors (Lipinski definition) is 4. The maximum Gasteiger partial charge on any atom is 0.267 e. The van der Waals surface area contributed by atoms with Crippen molar-refractivity contribution in [2.24, 2.45) is 0 Å². The number of fused-ring (bicyclic) bond motifs is 3. The van der Waals surface area contributed by atoms with Gasteiger partial charge in [-0.25, -0.2) is 8.42 Å². The van der Waals surface area contributed by atoms with Crippen LogP contribution in [0.5, 0.6) is 5.75 Å². The normalized spacial score (nSPS) is 13.1. The van der Waals surface area contributed by atoms with Gasteiger partial charge in [-0.15, -0.1) is 0 Å². The molecule has 0 saturated carbocycles. The third kappa shape index (κ3) is 3.78. The van der Waals surface area contributed by atoms with Gasteiger partial charge in [-0.05, 0) is 60.7 Å². The van der Waals surface area contributed by atoms with E-state index in [1.807, 2.05) is 30.5 Å². The lowest BCUT2D eigenvalue weighted by atomic mass is 10.1. The Hall–Kier alpha value is -3.58. The lowest BCUT2D eigenvalue weighted by Gasteiger charge is -2.15. The molecule has 0 radical (unpaired) electrons. The molecule has 1 N–H and O–H groups in total. The summed E-state index contributed by atoms with van der Waals surface area (Å²) in [7, 11) is -2.26. The predicted octanol–water partition coefficient (Wildman–Crippen LogP) is 4.22. The van der Waals surface area contributed by atoms with Crippen molar-refractivity contribution in [3.05, 3.63) is 100.0 Å². The van der Waals surface area contributed by atoms with E-state index in [-0.39, 0.29) is 9.79 Å². The van der Waals surface area contributed by atoms with Crippen LogP contribution in [0.15, 0.2) is 87.5 Å². The Morgan fingerprint density at radius 3 is 2.48 bits per heavy atom. The van der Waals surface area contributed by atoms with Crippen molar-refractivity contribution < 1.29 is 13.2 Å². The average molecular weight is 461 g/mol. The van der Waals surface area contributed by atoms with Crippen LogP contribution in [0.4, 0.5) is 0 Å². The SMILES string of the molecule is COc1ccccc1Cn1ccc2c1-c1[nH]c(=O)c(S(=O)(=O)c3ccccc3)cc1CCC2. The Morgan fingerprint density at radius 1 is 0.970 bits per heavy atom. The first kappa shape index (κ1) is 21.3. The van der Waals surface area contributed by atoms with Gasteiger partial charge in [0.15, 0.2) is 0 Å². The molecule has 7 heteroatoms. The third-order valence-corrected chi connectivity index (χ3v) is 7.92. The highest BCUT2D eigenvalue weighted by Gasteiger charge is 2.26. The van der Waals surface area contributed by atoms with Gasteiger partial charge in [-0.1, -0.05) is 36.4 Å². The minimum Gasteiger partial charge on any atom is -0.496 e. The van der Waals surface area contributed by atoms with E-state index in [0.29, 0.717) is 18.7 Å². The second kappa shape index (κ2) is 8.41. The Labute approximate surface area is 192 Å². The van der Waals surface area contributed by atoms with E-state index in [4.69, 9.17) is 4.74 Å². The highest BCUT2D eigenvalue weighted by Crippen LogP contribution is 2.34. The summed E-state index contributed by atoms with van der Waals surface area (Å²) < 4.78 is 33.9. The summed E-state index contributed by atoms with van der Waals surface area (Å²) in [4.78, 5) is 15.9. The van der Waals surface area contributed by atoms with Gasteiger partial charge in [-0.3, -0.25) is 4.79 Å². The minimum absolute atomic E-state index is 0.115. The van der Waals surface area contributed by atoms with Crippen molar-refractivity contribution >= 4 is 9.84 Å². The molecule has 33 heavy (non-hydrogen) atoms. The molecule has 2 aromatic heterocycles. The van der Waals surface area contributed by atoms with E-state index in [9.17, 15) is 13.2 Å². The molecule has 6 nitrogen and oxygen atoms in total. The van der Waals surface area contributed by atoms with Crippen LogP contribution in [0.1, 0.15) is 23.1 Å². The van der Waals surface area contributed by atoms with Crippen LogP contribution in [0.3, 0.4) is 0 Å². The summed E-state index contributed by atoms with van der Waals surface area (Å²) in [5.74, 6) is 0.798. The van der Waals surface area contributed by atoms with Gasteiger partial charge in [0, 0.05) is 11.8 Å². The molecule has 0 aliphatic heterocycles. The summed E-state index contributed by atoms with van der Waals surface area (Å²) in [5, 5.41) is 0. The van der Waals surface area contributed by atoms with Crippen molar-refractivity contribution in [1.82, 2.24) is 9.55 Å². The number of para-hydroxylation sites is 1. The molecule has 168 valence electrons. The number of methoxy groups -OCH3 is 1. The molecule has 1 aliphatic carbocycles. The van der Waals surface area contributed by atoms with Gasteiger partial charge < -0.3 is 14.3 Å². The molecule has 0 amide bonds. The van der Waals surface area contributed by atoms with Crippen LogP contribution in [0.25, 0.3) is 11.4 Å². The zero-order valence-electron chi connectivity index (χ0n) is 18.2. The van der Waals surface area contributed by atoms with Crippen LogP contribution >= 0.6 is 0 Å². The van der Waals surface area contributed by atoms with E-state index in [2.05, 4.69) is 15.6 Å². The summed E-state index contributed by atoms with van der Waals surface area (Å²) in [6, 6.07) is 19.6. The minimum atomic E-state index is -3.91. The van der Waals surface area contributed by atoms with Crippen molar-refractivity contribution in [2.75, 3.05) is 7.11 Å². The smallest absolute Gasteiger partial charge is 0.267 e. The quantitative estimate of drug-likeness (QED) is 0.484. The van der Waals surface area contributed by atoms with Crippen LogP contribution < -0.4 is 10.3 Å². The number of rotatable bonds is 5. The highest BCUT2D eigenvalue weighted by atomic mass is 32.2. The number of hydrogen-bond donors (Lipinski definition) is 1. The molecular formula is C26H24N2O4S. The van der Waals surface area contributed by atoms with Crippen molar-refractivity contribution in [3.63, 3.8) is 0 Å². The number of aromatic amines is 1. The van der Waals surface area contributed by atoms with Crippen LogP contribution in [-0.2, 0) is 29.2 Å². The Kier molecular flexibility index (Phi) is 5.42. The molecule has 0 fully saturated rings. The fourth-order valence-corrected chi connectivity index (χ4v) is 5.89. The van der Waals surface area contributed by atoms with Gasteiger partial charge in [-0.2, -0.15) is 0 Å². The summed E-state index contributed by atoms with van der Waals surface area (Å²) in [6.45, 7) is 0.574. The average Bonchev–Trinajstić information content (AvgIpc) is 3.13. The Balaban J connectivity index is 1.63. The van der Waals surface area contributed by atoms with E-state index < -0.39 is 15.4 Å². The summed E-state index contributed by atoms with van der Waals surface area (Å²) in [6.07, 6.45) is 4.42. The molecule has 2 heterocycles. The van der Waals surface area contributed by atoms with E-state index in [0.717, 1.165) is 41.0 Å². The molecule has 0 unspecified atom stereocenters. The zero-order valence-corrected chi connectivity index (χ0v) is 19.1. The largest absolute Gasteiger partial charge is 0.496 e. The van der Waals surface area contributed by atoms with E-state index in [1.54, 1.807) is 31.4 Å².